The summed E-state index contributed by atoms with van der Waals surface area (Å²) in [5.41, 5.74) is 6.16. The van der Waals surface area contributed by atoms with Crippen molar-refractivity contribution in [3.8, 4) is 0 Å². The number of nitrogens with two attached hydrogens (primary N) is 1. The fraction of sp³-hybridized carbons (Fsp3) is 1.00. The van der Waals surface area contributed by atoms with Crippen molar-refractivity contribution in [3.05, 3.63) is 0 Å². The summed E-state index contributed by atoms with van der Waals surface area (Å²) in [6.45, 7) is 8.25. The molecule has 1 saturated carbocycles. The summed E-state index contributed by atoms with van der Waals surface area (Å²) in [7, 11) is 2.24. The number of likely N-dealkylation sites (N-methyl/N-ethyl adjacent to an activating group) is 1. The van der Waals surface area contributed by atoms with Gasteiger partial charge in [0.1, 0.15) is 0 Å². The molecule has 2 aliphatic rings. The fourth-order valence-corrected chi connectivity index (χ4v) is 2.79. The van der Waals surface area contributed by atoms with Crippen LogP contribution in [0.3, 0.4) is 0 Å². The summed E-state index contributed by atoms with van der Waals surface area (Å²) in [6, 6.07) is 1.83. The molecule has 0 aromatic heterocycles. The van der Waals surface area contributed by atoms with Crippen molar-refractivity contribution in [2.75, 3.05) is 26.7 Å². The third-order valence-electron chi connectivity index (χ3n) is 4.44. The number of nitrogens with zero attached hydrogens (tertiary/aromatic N) is 2. The molecule has 2 N–H and O–H groups in total. The van der Waals surface area contributed by atoms with Crippen LogP contribution in [0.2, 0.25) is 0 Å². The number of rotatable bonds is 4. The van der Waals surface area contributed by atoms with E-state index in [4.69, 9.17) is 5.73 Å². The highest BCUT2D eigenvalue weighted by atomic mass is 15.3. The van der Waals surface area contributed by atoms with Crippen LogP contribution < -0.4 is 5.73 Å². The van der Waals surface area contributed by atoms with Gasteiger partial charge in [-0.25, -0.2) is 0 Å². The maximum atomic E-state index is 6.16. The Morgan fingerprint density at radius 2 is 1.75 bits per heavy atom. The van der Waals surface area contributed by atoms with Gasteiger partial charge >= 0.3 is 0 Å². The second-order valence-corrected chi connectivity index (χ2v) is 5.91. The van der Waals surface area contributed by atoms with Crippen LogP contribution in [-0.2, 0) is 0 Å². The van der Waals surface area contributed by atoms with Gasteiger partial charge in [-0.15, -0.1) is 0 Å². The largest absolute Gasteiger partial charge is 0.327 e. The molecule has 16 heavy (non-hydrogen) atoms. The minimum Gasteiger partial charge on any atom is -0.327 e. The van der Waals surface area contributed by atoms with Crippen molar-refractivity contribution in [2.45, 2.75) is 51.2 Å². The van der Waals surface area contributed by atoms with Gasteiger partial charge in [-0.1, -0.05) is 0 Å². The average molecular weight is 225 g/mol. The highest BCUT2D eigenvalue weighted by molar-refractivity contribution is 4.87. The van der Waals surface area contributed by atoms with Gasteiger partial charge in [0.25, 0.3) is 0 Å². The predicted molar refractivity (Wildman–Crippen MR) is 68.4 cm³/mol. The molecule has 2 fully saturated rings. The fourth-order valence-electron chi connectivity index (χ4n) is 2.79. The molecule has 3 nitrogen and oxygen atoms in total. The van der Waals surface area contributed by atoms with Crippen LogP contribution in [0, 0.1) is 5.92 Å². The molecule has 2 rings (SSSR count). The van der Waals surface area contributed by atoms with E-state index in [2.05, 4.69) is 30.7 Å². The van der Waals surface area contributed by atoms with E-state index >= 15 is 0 Å². The number of piperazine rings is 1. The smallest absolute Gasteiger partial charge is 0.0195 e. The molecule has 0 radical (unpaired) electrons. The first-order valence-electron chi connectivity index (χ1n) is 6.77. The molecule has 3 atom stereocenters. The summed E-state index contributed by atoms with van der Waals surface area (Å²) < 4.78 is 0. The lowest BCUT2D eigenvalue weighted by Gasteiger charge is -2.42. The molecule has 1 saturated heterocycles. The van der Waals surface area contributed by atoms with E-state index in [1.165, 1.54) is 38.9 Å². The Bertz CT molecular complexity index is 215. The van der Waals surface area contributed by atoms with Crippen molar-refractivity contribution >= 4 is 0 Å². The lowest BCUT2D eigenvalue weighted by Crippen LogP contribution is -2.55. The number of hydrogen-bond donors (Lipinski definition) is 1. The summed E-state index contributed by atoms with van der Waals surface area (Å²) in [6.07, 6.45) is 3.93. The van der Waals surface area contributed by atoms with Crippen LogP contribution in [0.4, 0.5) is 0 Å². The predicted octanol–water partition coefficient (Wildman–Crippen LogP) is 1.14. The van der Waals surface area contributed by atoms with Crippen LogP contribution >= 0.6 is 0 Å². The topological polar surface area (TPSA) is 32.5 Å². The highest BCUT2D eigenvalue weighted by Crippen LogP contribution is 2.32. The van der Waals surface area contributed by atoms with Crippen LogP contribution in [0.1, 0.15) is 33.1 Å². The summed E-state index contributed by atoms with van der Waals surface area (Å²) in [5.74, 6) is 0.849. The van der Waals surface area contributed by atoms with E-state index in [0.717, 1.165) is 5.92 Å². The third kappa shape index (κ3) is 2.96. The van der Waals surface area contributed by atoms with Crippen molar-refractivity contribution < 1.29 is 0 Å². The Hall–Kier alpha value is -0.120. The minimum absolute atomic E-state index is 0.463. The minimum atomic E-state index is 0.463. The summed E-state index contributed by atoms with van der Waals surface area (Å²) >= 11 is 0. The molecule has 94 valence electrons. The van der Waals surface area contributed by atoms with Gasteiger partial charge in [-0.3, -0.25) is 4.90 Å². The van der Waals surface area contributed by atoms with Crippen LogP contribution in [0.5, 0.6) is 0 Å². The molecule has 1 heterocycles. The molecule has 1 aliphatic carbocycles. The van der Waals surface area contributed by atoms with Crippen LogP contribution in [-0.4, -0.2) is 54.6 Å². The van der Waals surface area contributed by atoms with Gasteiger partial charge in [0, 0.05) is 31.2 Å². The van der Waals surface area contributed by atoms with E-state index in [0.29, 0.717) is 18.1 Å². The molecular weight excluding hydrogens is 198 g/mol. The first-order valence-corrected chi connectivity index (χ1v) is 6.77. The zero-order chi connectivity index (χ0) is 11.7. The molecule has 0 aromatic rings. The zero-order valence-corrected chi connectivity index (χ0v) is 11.0. The lowest BCUT2D eigenvalue weighted by molar-refractivity contribution is 0.0581. The second-order valence-electron chi connectivity index (χ2n) is 5.91. The van der Waals surface area contributed by atoms with E-state index in [1.54, 1.807) is 0 Å². The third-order valence-corrected chi connectivity index (χ3v) is 4.44. The molecule has 0 amide bonds. The highest BCUT2D eigenvalue weighted by Gasteiger charge is 2.30. The van der Waals surface area contributed by atoms with E-state index in [-0.39, 0.29) is 0 Å². The van der Waals surface area contributed by atoms with Crippen LogP contribution in [0.15, 0.2) is 0 Å². The Kier molecular flexibility index (Phi) is 3.88. The molecule has 1 aliphatic heterocycles. The normalized spacial score (nSPS) is 35.2. The monoisotopic (exact) mass is 225 g/mol. The van der Waals surface area contributed by atoms with Crippen LogP contribution in [0.25, 0.3) is 0 Å². The van der Waals surface area contributed by atoms with Crippen molar-refractivity contribution in [3.63, 3.8) is 0 Å². The first kappa shape index (κ1) is 12.3. The molecule has 0 bridgehead atoms. The molecule has 3 unspecified atom stereocenters. The van der Waals surface area contributed by atoms with Gasteiger partial charge in [0.2, 0.25) is 0 Å². The summed E-state index contributed by atoms with van der Waals surface area (Å²) in [4.78, 5) is 5.08. The standard InChI is InChI=1S/C13H27N3/c1-10-8-16(9-11(2)15(10)3)7-6-13(14)12-4-5-12/h10-13H,4-9,14H2,1-3H3. The number of hydrogen-bond acceptors (Lipinski definition) is 3. The molecule has 0 aromatic carbocycles. The quantitative estimate of drug-likeness (QED) is 0.779. The van der Waals surface area contributed by atoms with E-state index in [1.807, 2.05) is 0 Å². The van der Waals surface area contributed by atoms with Gasteiger partial charge < -0.3 is 10.6 Å². The SMILES string of the molecule is CC1CN(CCC(N)C2CC2)CC(C)N1C. The summed E-state index contributed by atoms with van der Waals surface area (Å²) in [5, 5.41) is 0. The van der Waals surface area contributed by atoms with E-state index < -0.39 is 0 Å². The second kappa shape index (κ2) is 5.03. The average Bonchev–Trinajstić information content (AvgIpc) is 3.05. The zero-order valence-electron chi connectivity index (χ0n) is 11.0. The molecular formula is C13H27N3. The molecule has 3 heteroatoms. The van der Waals surface area contributed by atoms with Gasteiger partial charge in [-0.2, -0.15) is 0 Å². The Morgan fingerprint density at radius 3 is 2.25 bits per heavy atom. The Morgan fingerprint density at radius 1 is 1.19 bits per heavy atom. The Labute approximate surface area is 100.0 Å². The van der Waals surface area contributed by atoms with Gasteiger partial charge in [-0.05, 0) is 52.6 Å². The van der Waals surface area contributed by atoms with Gasteiger partial charge in [0.15, 0.2) is 0 Å². The maximum absolute atomic E-state index is 6.16. The van der Waals surface area contributed by atoms with Crippen molar-refractivity contribution in [1.29, 1.82) is 0 Å². The van der Waals surface area contributed by atoms with E-state index in [9.17, 15) is 0 Å². The molecule has 0 spiro atoms. The first-order chi connectivity index (χ1) is 7.58. The maximum Gasteiger partial charge on any atom is 0.0195 e. The van der Waals surface area contributed by atoms with Crippen molar-refractivity contribution in [1.82, 2.24) is 9.80 Å². The van der Waals surface area contributed by atoms with Gasteiger partial charge in [0.05, 0.1) is 0 Å². The lowest BCUT2D eigenvalue weighted by atomic mass is 10.1. The Balaban J connectivity index is 1.73. The van der Waals surface area contributed by atoms with Crippen molar-refractivity contribution in [2.24, 2.45) is 11.7 Å².